The molecule has 6 nitrogen and oxygen atoms in total. The molecule has 1 aliphatic rings. The van der Waals surface area contributed by atoms with Gasteiger partial charge >= 0.3 is 0 Å². The number of para-hydroxylation sites is 2. The van der Waals surface area contributed by atoms with E-state index in [2.05, 4.69) is 15.3 Å². The van der Waals surface area contributed by atoms with Crippen LogP contribution in [0.4, 0.5) is 0 Å². The van der Waals surface area contributed by atoms with Crippen molar-refractivity contribution < 1.29 is 14.3 Å². The summed E-state index contributed by atoms with van der Waals surface area (Å²) in [4.78, 5) is 20.8. The largest absolute Gasteiger partial charge is 0.493 e. The van der Waals surface area contributed by atoms with Crippen molar-refractivity contribution in [1.82, 2.24) is 15.3 Å². The molecule has 0 unspecified atom stereocenters. The quantitative estimate of drug-likeness (QED) is 0.722. The maximum Gasteiger partial charge on any atom is 0.251 e. The van der Waals surface area contributed by atoms with Crippen LogP contribution >= 0.6 is 0 Å². The van der Waals surface area contributed by atoms with Crippen molar-refractivity contribution in [1.29, 1.82) is 0 Å². The summed E-state index contributed by atoms with van der Waals surface area (Å²) in [6.45, 7) is 0. The number of hydrogen-bond acceptors (Lipinski definition) is 5. The van der Waals surface area contributed by atoms with Gasteiger partial charge in [0.1, 0.15) is 6.33 Å². The van der Waals surface area contributed by atoms with Gasteiger partial charge < -0.3 is 14.8 Å². The van der Waals surface area contributed by atoms with Crippen LogP contribution in [0.15, 0.2) is 60.9 Å². The predicted octanol–water partition coefficient (Wildman–Crippen LogP) is 3.84. The van der Waals surface area contributed by atoms with Crippen LogP contribution in [0.5, 0.6) is 17.4 Å². The van der Waals surface area contributed by atoms with Crippen LogP contribution in [0.2, 0.25) is 0 Å². The smallest absolute Gasteiger partial charge is 0.251 e. The Bertz CT molecular complexity index is 970. The van der Waals surface area contributed by atoms with E-state index in [1.54, 1.807) is 19.2 Å². The Balaban J connectivity index is 1.58. The zero-order chi connectivity index (χ0) is 18.6. The third-order valence-corrected chi connectivity index (χ3v) is 4.26. The first-order valence-corrected chi connectivity index (χ1v) is 8.77. The predicted molar refractivity (Wildman–Crippen MR) is 101 cm³/mol. The van der Waals surface area contributed by atoms with E-state index in [1.807, 2.05) is 42.5 Å². The number of rotatable bonds is 6. The first kappa shape index (κ1) is 17.0. The summed E-state index contributed by atoms with van der Waals surface area (Å²) in [7, 11) is 1.59. The lowest BCUT2D eigenvalue weighted by Gasteiger charge is -2.10. The maximum atomic E-state index is 12.3. The number of nitrogens with zero attached hydrogens (tertiary/aromatic N) is 2. The first-order chi connectivity index (χ1) is 13.2. The fraction of sp³-hybridized carbons (Fsp3) is 0.190. The van der Waals surface area contributed by atoms with E-state index in [4.69, 9.17) is 9.47 Å². The minimum absolute atomic E-state index is 0.0566. The van der Waals surface area contributed by atoms with Gasteiger partial charge in [0, 0.05) is 23.2 Å². The Kier molecular flexibility index (Phi) is 4.70. The molecule has 0 radical (unpaired) electrons. The molecule has 3 aromatic rings. The van der Waals surface area contributed by atoms with Gasteiger partial charge in [0.25, 0.3) is 5.91 Å². The molecule has 0 bridgehead atoms. The summed E-state index contributed by atoms with van der Waals surface area (Å²) in [6.07, 6.45) is 3.55. The molecule has 1 fully saturated rings. The molecule has 0 spiro atoms. The van der Waals surface area contributed by atoms with Gasteiger partial charge in [0.15, 0.2) is 11.5 Å². The zero-order valence-corrected chi connectivity index (χ0v) is 14.9. The second-order valence-electron chi connectivity index (χ2n) is 6.32. The number of nitrogens with one attached hydrogen (secondary N) is 1. The number of carbonyl (C=O) groups excluding carboxylic acids is 1. The summed E-state index contributed by atoms with van der Waals surface area (Å²) < 4.78 is 11.1. The number of aromatic nitrogens is 2. The van der Waals surface area contributed by atoms with Crippen LogP contribution in [0.25, 0.3) is 11.3 Å². The molecule has 1 aromatic heterocycles. The molecule has 0 aliphatic heterocycles. The highest BCUT2D eigenvalue weighted by Gasteiger charge is 2.23. The molecular weight excluding hydrogens is 342 g/mol. The van der Waals surface area contributed by atoms with Crippen LogP contribution in [-0.2, 0) is 0 Å². The molecule has 0 atom stereocenters. The van der Waals surface area contributed by atoms with E-state index in [9.17, 15) is 4.79 Å². The Labute approximate surface area is 157 Å². The number of amides is 1. The average Bonchev–Trinajstić information content (AvgIpc) is 3.53. The summed E-state index contributed by atoms with van der Waals surface area (Å²) in [5.41, 5.74) is 2.12. The van der Waals surface area contributed by atoms with Crippen molar-refractivity contribution >= 4 is 5.91 Å². The minimum atomic E-state index is -0.0566. The van der Waals surface area contributed by atoms with E-state index in [-0.39, 0.29) is 5.91 Å². The third-order valence-electron chi connectivity index (χ3n) is 4.26. The number of ether oxygens (including phenoxy) is 2. The van der Waals surface area contributed by atoms with Gasteiger partial charge in [-0.15, -0.1) is 0 Å². The van der Waals surface area contributed by atoms with E-state index in [0.29, 0.717) is 34.7 Å². The molecule has 27 heavy (non-hydrogen) atoms. The summed E-state index contributed by atoms with van der Waals surface area (Å²) in [5.74, 6) is 1.54. The van der Waals surface area contributed by atoms with Gasteiger partial charge in [0.2, 0.25) is 5.88 Å². The highest BCUT2D eigenvalue weighted by atomic mass is 16.5. The molecule has 1 N–H and O–H groups in total. The Morgan fingerprint density at radius 2 is 1.85 bits per heavy atom. The van der Waals surface area contributed by atoms with Gasteiger partial charge in [-0.2, -0.15) is 0 Å². The van der Waals surface area contributed by atoms with E-state index in [0.717, 1.165) is 18.4 Å². The molecule has 136 valence electrons. The number of methoxy groups -OCH3 is 1. The molecular formula is C21H19N3O3. The number of benzene rings is 2. The van der Waals surface area contributed by atoms with Crippen molar-refractivity contribution in [3.05, 3.63) is 66.5 Å². The molecule has 1 amide bonds. The lowest BCUT2D eigenvalue weighted by molar-refractivity contribution is 0.0951. The Hall–Kier alpha value is -3.41. The lowest BCUT2D eigenvalue weighted by Crippen LogP contribution is -2.25. The molecule has 1 saturated carbocycles. The molecule has 1 heterocycles. The van der Waals surface area contributed by atoms with E-state index in [1.165, 1.54) is 6.33 Å². The van der Waals surface area contributed by atoms with Crippen molar-refractivity contribution in [3.63, 3.8) is 0 Å². The second-order valence-corrected chi connectivity index (χ2v) is 6.32. The second kappa shape index (κ2) is 7.45. The molecule has 2 aromatic carbocycles. The van der Waals surface area contributed by atoms with E-state index < -0.39 is 0 Å². The highest BCUT2D eigenvalue weighted by molar-refractivity contribution is 5.95. The molecule has 1 aliphatic carbocycles. The van der Waals surface area contributed by atoms with E-state index >= 15 is 0 Å². The van der Waals surface area contributed by atoms with Gasteiger partial charge in [-0.25, -0.2) is 9.97 Å². The molecule has 6 heteroatoms. The SMILES string of the molecule is COc1ccccc1Oc1cc(-c2cccc(C(=O)NC3CC3)c2)ncn1. The number of hydrogen-bond donors (Lipinski definition) is 1. The average molecular weight is 361 g/mol. The molecule has 0 saturated heterocycles. The highest BCUT2D eigenvalue weighted by Crippen LogP contribution is 2.31. The molecule has 4 rings (SSSR count). The normalized spacial score (nSPS) is 13.1. The van der Waals surface area contributed by atoms with Gasteiger partial charge in [0.05, 0.1) is 12.8 Å². The summed E-state index contributed by atoms with van der Waals surface area (Å²) >= 11 is 0. The van der Waals surface area contributed by atoms with Crippen LogP contribution in [0.3, 0.4) is 0 Å². The van der Waals surface area contributed by atoms with Crippen molar-refractivity contribution in [2.75, 3.05) is 7.11 Å². The first-order valence-electron chi connectivity index (χ1n) is 8.77. The Morgan fingerprint density at radius 1 is 1.04 bits per heavy atom. The van der Waals surface area contributed by atoms with Crippen LogP contribution in [0, 0.1) is 0 Å². The summed E-state index contributed by atoms with van der Waals surface area (Å²) in [5, 5.41) is 3.00. The monoisotopic (exact) mass is 361 g/mol. The van der Waals surface area contributed by atoms with Crippen LogP contribution in [-0.4, -0.2) is 29.0 Å². The van der Waals surface area contributed by atoms with Crippen LogP contribution in [0.1, 0.15) is 23.2 Å². The van der Waals surface area contributed by atoms with Crippen molar-refractivity contribution in [3.8, 4) is 28.6 Å². The topological polar surface area (TPSA) is 73.3 Å². The van der Waals surface area contributed by atoms with Gasteiger partial charge in [-0.1, -0.05) is 24.3 Å². The third kappa shape index (κ3) is 4.06. The fourth-order valence-corrected chi connectivity index (χ4v) is 2.69. The zero-order valence-electron chi connectivity index (χ0n) is 14.9. The van der Waals surface area contributed by atoms with Crippen LogP contribution < -0.4 is 14.8 Å². The van der Waals surface area contributed by atoms with Gasteiger partial charge in [-0.3, -0.25) is 4.79 Å². The lowest BCUT2D eigenvalue weighted by atomic mass is 10.1. The number of carbonyl (C=O) groups is 1. The van der Waals surface area contributed by atoms with Gasteiger partial charge in [-0.05, 0) is 37.1 Å². The van der Waals surface area contributed by atoms with Crippen molar-refractivity contribution in [2.24, 2.45) is 0 Å². The summed E-state index contributed by atoms with van der Waals surface area (Å²) in [6, 6.07) is 16.8. The minimum Gasteiger partial charge on any atom is -0.493 e. The van der Waals surface area contributed by atoms with Crippen molar-refractivity contribution in [2.45, 2.75) is 18.9 Å². The Morgan fingerprint density at radius 3 is 2.63 bits per heavy atom. The fourth-order valence-electron chi connectivity index (χ4n) is 2.69. The standard InChI is InChI=1S/C21H19N3O3/c1-26-18-7-2-3-8-19(18)27-20-12-17(22-13-23-20)14-5-4-6-15(11-14)21(25)24-16-9-10-16/h2-8,11-13,16H,9-10H2,1H3,(H,24,25). The maximum absolute atomic E-state index is 12.3.